The summed E-state index contributed by atoms with van der Waals surface area (Å²) in [6.07, 6.45) is 6.77. The largest absolute Gasteiger partial charge is 0.296 e. The predicted molar refractivity (Wildman–Crippen MR) is 34.5 cm³/mol. The van der Waals surface area contributed by atoms with Gasteiger partial charge in [0.2, 0.25) is 0 Å². The third kappa shape index (κ3) is 1.00. The summed E-state index contributed by atoms with van der Waals surface area (Å²) in [6, 6.07) is 0. The monoisotopic (exact) mass is 103 g/mol. The Kier molecular flexibility index (Phi) is 1.53. The topological polar surface area (TPSA) is 23.8 Å². The van der Waals surface area contributed by atoms with Crippen LogP contribution in [0.4, 0.5) is 0 Å². The molecule has 0 bridgehead atoms. The minimum absolute atomic E-state index is 0.125. The molecule has 0 N–H and O–H groups in total. The van der Waals surface area contributed by atoms with Crippen LogP contribution in [0.15, 0.2) is 24.2 Å². The van der Waals surface area contributed by atoms with Crippen molar-refractivity contribution < 1.29 is 0 Å². The van der Waals surface area contributed by atoms with E-state index in [1.165, 1.54) is 0 Å². The molecule has 0 aromatic carbocycles. The van der Waals surface area contributed by atoms with Crippen LogP contribution in [0, 0.1) is 11.2 Å². The summed E-state index contributed by atoms with van der Waals surface area (Å²) in [5.41, 5.74) is 0. The zero-order valence-electron chi connectivity index (χ0n) is 4.54. The van der Waals surface area contributed by atoms with Gasteiger partial charge >= 0.3 is 0 Å². The average Bonchev–Trinajstić information content (AvgIpc) is 1.90. The molecule has 2 heteroatoms. The van der Waals surface area contributed by atoms with Gasteiger partial charge in [-0.2, -0.15) is 0 Å². The minimum atomic E-state index is 0.125. The lowest BCUT2D eigenvalue weighted by atomic mass is 9.48. The maximum Gasteiger partial charge on any atom is 0.296 e. The highest BCUT2D eigenvalue weighted by Gasteiger charge is 2.06. The zero-order valence-corrected chi connectivity index (χ0v) is 4.54. The molecule has 1 rings (SSSR count). The molecule has 0 aromatic rings. The van der Waals surface area contributed by atoms with Crippen molar-refractivity contribution >= 4 is 6.71 Å². The predicted octanol–water partition coefficient (Wildman–Crippen LogP) is 1.21. The molecule has 0 spiro atoms. The SMILES string of the molecule is N#CB1C=CC=CC1. The van der Waals surface area contributed by atoms with E-state index in [1.807, 2.05) is 24.2 Å². The molecule has 1 nitrogen and oxygen atoms in total. The fourth-order valence-corrected chi connectivity index (χ4v) is 0.676. The van der Waals surface area contributed by atoms with Crippen LogP contribution in [-0.2, 0) is 0 Å². The van der Waals surface area contributed by atoms with Gasteiger partial charge in [0, 0.05) is 5.97 Å². The third-order valence-electron chi connectivity index (χ3n) is 1.15. The van der Waals surface area contributed by atoms with E-state index < -0.39 is 0 Å². The van der Waals surface area contributed by atoms with Crippen molar-refractivity contribution in [1.82, 2.24) is 0 Å². The Morgan fingerprint density at radius 2 is 2.38 bits per heavy atom. The molecule has 0 fully saturated rings. The molecular weight excluding hydrogens is 96.9 g/mol. The lowest BCUT2D eigenvalue weighted by Crippen LogP contribution is -2.05. The van der Waals surface area contributed by atoms with E-state index in [0.29, 0.717) is 0 Å². The Bertz CT molecular complexity index is 164. The van der Waals surface area contributed by atoms with Crippen LogP contribution < -0.4 is 0 Å². The highest BCUT2D eigenvalue weighted by Crippen LogP contribution is 2.00. The lowest BCUT2D eigenvalue weighted by molar-refractivity contribution is 1.53. The van der Waals surface area contributed by atoms with Crippen LogP contribution in [-0.4, -0.2) is 6.71 Å². The Labute approximate surface area is 49.4 Å². The third-order valence-corrected chi connectivity index (χ3v) is 1.15. The molecule has 0 saturated carbocycles. The van der Waals surface area contributed by atoms with Crippen LogP contribution >= 0.6 is 0 Å². The molecule has 0 unspecified atom stereocenters. The summed E-state index contributed by atoms with van der Waals surface area (Å²) < 4.78 is 0. The van der Waals surface area contributed by atoms with Crippen LogP contribution in [0.2, 0.25) is 6.32 Å². The summed E-state index contributed by atoms with van der Waals surface area (Å²) in [5, 5.41) is 8.36. The molecule has 0 saturated heterocycles. The summed E-state index contributed by atoms with van der Waals surface area (Å²) >= 11 is 0. The molecular formula is C6H6BN. The van der Waals surface area contributed by atoms with Gasteiger partial charge in [-0.05, 0) is 6.32 Å². The first-order valence-electron chi connectivity index (χ1n) is 2.66. The molecule has 1 heterocycles. The first-order chi connectivity index (χ1) is 3.93. The molecule has 1 aliphatic rings. The van der Waals surface area contributed by atoms with Gasteiger partial charge in [0.25, 0.3) is 6.71 Å². The van der Waals surface area contributed by atoms with Crippen LogP contribution in [0.3, 0.4) is 0 Å². The van der Waals surface area contributed by atoms with Crippen LogP contribution in [0.1, 0.15) is 0 Å². The maximum atomic E-state index is 8.36. The van der Waals surface area contributed by atoms with Gasteiger partial charge in [0.1, 0.15) is 0 Å². The number of rotatable bonds is 0. The summed E-state index contributed by atoms with van der Waals surface area (Å²) in [6.45, 7) is 0.125. The Morgan fingerprint density at radius 3 is 2.75 bits per heavy atom. The Hall–Kier alpha value is -0.965. The van der Waals surface area contributed by atoms with Crippen molar-refractivity contribution in [3.05, 3.63) is 24.2 Å². The number of nitriles is 1. The van der Waals surface area contributed by atoms with Gasteiger partial charge in [0.15, 0.2) is 0 Å². The second-order valence-corrected chi connectivity index (χ2v) is 1.78. The van der Waals surface area contributed by atoms with Gasteiger partial charge in [-0.1, -0.05) is 24.2 Å². The summed E-state index contributed by atoms with van der Waals surface area (Å²) in [4.78, 5) is 0. The van der Waals surface area contributed by atoms with Crippen molar-refractivity contribution in [2.24, 2.45) is 0 Å². The molecule has 38 valence electrons. The highest BCUT2D eigenvalue weighted by atomic mass is 14.2. The van der Waals surface area contributed by atoms with Crippen molar-refractivity contribution in [3.63, 3.8) is 0 Å². The quantitative estimate of drug-likeness (QED) is 0.422. The van der Waals surface area contributed by atoms with Gasteiger partial charge in [-0.3, -0.25) is 0 Å². The molecule has 0 aromatic heterocycles. The standard InChI is InChI=1S/C6H6BN/c8-6-7-4-2-1-3-5-7/h1-4H,5H2. The van der Waals surface area contributed by atoms with Crippen molar-refractivity contribution in [2.45, 2.75) is 6.32 Å². The number of hydrogen-bond acceptors (Lipinski definition) is 1. The molecule has 1 aliphatic heterocycles. The fraction of sp³-hybridized carbons (Fsp3) is 0.167. The molecule has 0 atom stereocenters. The first-order valence-corrected chi connectivity index (χ1v) is 2.66. The van der Waals surface area contributed by atoms with E-state index in [2.05, 4.69) is 5.97 Å². The average molecular weight is 103 g/mol. The maximum absolute atomic E-state index is 8.36. The smallest absolute Gasteiger partial charge is 0.212 e. The minimum Gasteiger partial charge on any atom is -0.212 e. The molecule has 0 aliphatic carbocycles. The molecule has 8 heavy (non-hydrogen) atoms. The van der Waals surface area contributed by atoms with Gasteiger partial charge < -0.3 is 0 Å². The fourth-order valence-electron chi connectivity index (χ4n) is 0.676. The van der Waals surface area contributed by atoms with E-state index >= 15 is 0 Å². The number of allylic oxidation sites excluding steroid dienone is 3. The van der Waals surface area contributed by atoms with Crippen molar-refractivity contribution in [3.8, 4) is 5.97 Å². The highest BCUT2D eigenvalue weighted by molar-refractivity contribution is 6.72. The lowest BCUT2D eigenvalue weighted by Gasteiger charge is -1.94. The van der Waals surface area contributed by atoms with E-state index in [-0.39, 0.29) is 6.71 Å². The normalized spacial score (nSPS) is 16.1. The second-order valence-electron chi connectivity index (χ2n) is 1.78. The molecule has 0 radical (unpaired) electrons. The van der Waals surface area contributed by atoms with Crippen molar-refractivity contribution in [2.75, 3.05) is 0 Å². The van der Waals surface area contributed by atoms with Crippen molar-refractivity contribution in [1.29, 1.82) is 5.26 Å². The van der Waals surface area contributed by atoms with E-state index in [9.17, 15) is 0 Å². The van der Waals surface area contributed by atoms with Gasteiger partial charge in [-0.15, -0.1) is 0 Å². The Morgan fingerprint density at radius 1 is 1.50 bits per heavy atom. The number of nitrogens with zero attached hydrogens (tertiary/aromatic N) is 1. The first kappa shape index (κ1) is 5.18. The summed E-state index contributed by atoms with van der Waals surface area (Å²) in [7, 11) is 0. The van der Waals surface area contributed by atoms with Gasteiger partial charge in [0.05, 0.1) is 0 Å². The van der Waals surface area contributed by atoms with Crippen LogP contribution in [0.5, 0.6) is 0 Å². The van der Waals surface area contributed by atoms with E-state index in [4.69, 9.17) is 5.26 Å². The Balaban J connectivity index is 2.55. The zero-order chi connectivity index (χ0) is 5.82. The van der Waals surface area contributed by atoms with Gasteiger partial charge in [-0.25, -0.2) is 5.26 Å². The van der Waals surface area contributed by atoms with E-state index in [0.717, 1.165) is 6.32 Å². The number of hydrogen-bond donors (Lipinski definition) is 0. The van der Waals surface area contributed by atoms with Crippen LogP contribution in [0.25, 0.3) is 0 Å². The van der Waals surface area contributed by atoms with E-state index in [1.54, 1.807) is 0 Å². The molecule has 0 amide bonds. The summed E-state index contributed by atoms with van der Waals surface area (Å²) in [5.74, 6) is 4.08. The second kappa shape index (κ2) is 2.37.